The van der Waals surface area contributed by atoms with Crippen molar-refractivity contribution in [3.05, 3.63) is 69.0 Å². The molecule has 2 atom stereocenters. The molecule has 8 heteroatoms. The topological polar surface area (TPSA) is 86.2 Å². The SMILES string of the molecule is O=C(O)[C@@H]1C=C[C@@H](c2ccccc2)n2c(=O)n(CCS)c(=O)n21. The minimum absolute atomic E-state index is 0.127. The molecule has 1 aromatic heterocycles. The van der Waals surface area contributed by atoms with Gasteiger partial charge in [0.15, 0.2) is 6.04 Å². The Bertz CT molecular complexity index is 878. The number of aliphatic carboxylic acids is 1. The summed E-state index contributed by atoms with van der Waals surface area (Å²) < 4.78 is 3.23. The zero-order valence-corrected chi connectivity index (χ0v) is 13.0. The lowest BCUT2D eigenvalue weighted by Crippen LogP contribution is -2.38. The van der Waals surface area contributed by atoms with Crippen LogP contribution < -0.4 is 11.4 Å². The number of rotatable bonds is 4. The fourth-order valence-electron chi connectivity index (χ4n) is 2.77. The Morgan fingerprint density at radius 1 is 1.09 bits per heavy atom. The van der Waals surface area contributed by atoms with Crippen molar-refractivity contribution in [2.24, 2.45) is 0 Å². The van der Waals surface area contributed by atoms with Crippen molar-refractivity contribution in [1.82, 2.24) is 13.9 Å². The highest BCUT2D eigenvalue weighted by atomic mass is 32.1. The van der Waals surface area contributed by atoms with Crippen molar-refractivity contribution >= 4 is 18.6 Å². The largest absolute Gasteiger partial charge is 0.479 e. The predicted octanol–water partition coefficient (Wildman–Crippen LogP) is 0.526. The zero-order valence-electron chi connectivity index (χ0n) is 12.1. The maximum absolute atomic E-state index is 12.6. The molecule has 120 valence electrons. The molecule has 0 aliphatic carbocycles. The van der Waals surface area contributed by atoms with Crippen molar-refractivity contribution in [3.63, 3.8) is 0 Å². The highest BCUT2D eigenvalue weighted by Crippen LogP contribution is 2.24. The van der Waals surface area contributed by atoms with Gasteiger partial charge in [-0.25, -0.2) is 28.3 Å². The van der Waals surface area contributed by atoms with Crippen LogP contribution in [0, 0.1) is 0 Å². The third-order valence-electron chi connectivity index (χ3n) is 3.81. The van der Waals surface area contributed by atoms with Gasteiger partial charge in [0.2, 0.25) is 0 Å². The number of allylic oxidation sites excluding steroid dienone is 1. The summed E-state index contributed by atoms with van der Waals surface area (Å²) in [6, 6.07) is 7.43. The summed E-state index contributed by atoms with van der Waals surface area (Å²) in [7, 11) is 0. The van der Waals surface area contributed by atoms with E-state index in [9.17, 15) is 19.5 Å². The van der Waals surface area contributed by atoms with Crippen LogP contribution in [0.4, 0.5) is 0 Å². The number of nitrogens with zero attached hydrogens (tertiary/aromatic N) is 3. The lowest BCUT2D eigenvalue weighted by molar-refractivity contribution is -0.140. The third-order valence-corrected chi connectivity index (χ3v) is 4.01. The van der Waals surface area contributed by atoms with Gasteiger partial charge < -0.3 is 5.11 Å². The molecular weight excluding hydrogens is 318 g/mol. The molecule has 0 saturated heterocycles. The summed E-state index contributed by atoms with van der Waals surface area (Å²) >= 11 is 4.05. The summed E-state index contributed by atoms with van der Waals surface area (Å²) in [6.07, 6.45) is 3.08. The molecule has 0 bridgehead atoms. The van der Waals surface area contributed by atoms with Crippen LogP contribution in [-0.4, -0.2) is 30.8 Å². The van der Waals surface area contributed by atoms with E-state index in [0.717, 1.165) is 14.8 Å². The Hall–Kier alpha value is -2.48. The molecule has 7 nitrogen and oxygen atoms in total. The van der Waals surface area contributed by atoms with Gasteiger partial charge in [0.05, 0.1) is 6.04 Å². The molecule has 2 heterocycles. The summed E-state index contributed by atoms with van der Waals surface area (Å²) in [5, 5.41) is 9.35. The zero-order chi connectivity index (χ0) is 16.6. The molecule has 0 unspecified atom stereocenters. The molecule has 1 N–H and O–H groups in total. The van der Waals surface area contributed by atoms with Gasteiger partial charge in [-0.05, 0) is 5.56 Å². The second-order valence-electron chi connectivity index (χ2n) is 5.15. The Morgan fingerprint density at radius 3 is 2.35 bits per heavy atom. The van der Waals surface area contributed by atoms with Gasteiger partial charge in [0.25, 0.3) is 0 Å². The van der Waals surface area contributed by atoms with Crippen LogP contribution in [0.3, 0.4) is 0 Å². The van der Waals surface area contributed by atoms with Gasteiger partial charge in [0.1, 0.15) is 0 Å². The summed E-state index contributed by atoms with van der Waals surface area (Å²) in [5.41, 5.74) is -0.373. The number of benzene rings is 1. The molecule has 2 aromatic rings. The molecule has 0 spiro atoms. The summed E-state index contributed by atoms with van der Waals surface area (Å²) in [6.45, 7) is 0.127. The maximum Gasteiger partial charge on any atom is 0.348 e. The van der Waals surface area contributed by atoms with Gasteiger partial charge in [-0.3, -0.25) is 0 Å². The first-order chi connectivity index (χ1) is 11.1. The number of aromatic nitrogens is 3. The highest BCUT2D eigenvalue weighted by Gasteiger charge is 2.32. The molecule has 0 fully saturated rings. The standard InChI is InChI=1S/C15H15N3O4S/c19-13(20)12-7-6-11(10-4-2-1-3-5-10)17-14(21)16(8-9-23)15(22)18(12)17/h1-7,11-12,23H,8-9H2,(H,19,20)/t11-,12-/m0/s1. The molecule has 3 rings (SSSR count). The molecule has 0 saturated carbocycles. The summed E-state index contributed by atoms with van der Waals surface area (Å²) in [5.74, 6) is -0.882. The second kappa shape index (κ2) is 5.96. The molecule has 1 aliphatic heterocycles. The number of thiol groups is 1. The van der Waals surface area contributed by atoms with Crippen LogP contribution in [-0.2, 0) is 11.3 Å². The van der Waals surface area contributed by atoms with E-state index < -0.39 is 29.4 Å². The van der Waals surface area contributed by atoms with E-state index in [1.807, 2.05) is 30.3 Å². The number of fused-ring (bicyclic) bond motifs is 1. The van der Waals surface area contributed by atoms with E-state index in [4.69, 9.17) is 0 Å². The lowest BCUT2D eigenvalue weighted by Gasteiger charge is -2.24. The minimum Gasteiger partial charge on any atom is -0.479 e. The average Bonchev–Trinajstić information content (AvgIpc) is 2.81. The monoisotopic (exact) mass is 333 g/mol. The van der Waals surface area contributed by atoms with E-state index in [1.165, 1.54) is 10.8 Å². The number of hydrogen-bond acceptors (Lipinski definition) is 4. The van der Waals surface area contributed by atoms with Crippen molar-refractivity contribution in [1.29, 1.82) is 0 Å². The van der Waals surface area contributed by atoms with Gasteiger partial charge in [0, 0.05) is 12.3 Å². The molecule has 23 heavy (non-hydrogen) atoms. The van der Waals surface area contributed by atoms with Crippen LogP contribution in [0.25, 0.3) is 0 Å². The van der Waals surface area contributed by atoms with Crippen molar-refractivity contribution in [3.8, 4) is 0 Å². The van der Waals surface area contributed by atoms with E-state index in [1.54, 1.807) is 6.08 Å². The summed E-state index contributed by atoms with van der Waals surface area (Å²) in [4.78, 5) is 36.6. The normalized spacial score (nSPS) is 19.5. The fourth-order valence-corrected chi connectivity index (χ4v) is 2.97. The third kappa shape index (κ3) is 2.44. The van der Waals surface area contributed by atoms with E-state index >= 15 is 0 Å². The Labute approximate surface area is 136 Å². The van der Waals surface area contributed by atoms with Crippen molar-refractivity contribution in [2.45, 2.75) is 18.6 Å². The molecule has 0 amide bonds. The Morgan fingerprint density at radius 2 is 1.74 bits per heavy atom. The van der Waals surface area contributed by atoms with Crippen LogP contribution in [0.2, 0.25) is 0 Å². The number of carbonyl (C=O) groups is 1. The second-order valence-corrected chi connectivity index (χ2v) is 5.60. The molecular formula is C15H15N3O4S. The van der Waals surface area contributed by atoms with Crippen molar-refractivity contribution < 1.29 is 9.90 Å². The molecule has 1 aliphatic rings. The first-order valence-corrected chi connectivity index (χ1v) is 7.70. The van der Waals surface area contributed by atoms with Crippen LogP contribution in [0.15, 0.2) is 52.1 Å². The van der Waals surface area contributed by atoms with Gasteiger partial charge in [-0.1, -0.05) is 42.5 Å². The first kappa shape index (κ1) is 15.4. The Balaban J connectivity index is 2.27. The average molecular weight is 333 g/mol. The highest BCUT2D eigenvalue weighted by molar-refractivity contribution is 7.80. The lowest BCUT2D eigenvalue weighted by atomic mass is 10.0. The van der Waals surface area contributed by atoms with Crippen LogP contribution >= 0.6 is 12.6 Å². The van der Waals surface area contributed by atoms with Gasteiger partial charge in [-0.2, -0.15) is 12.6 Å². The Kier molecular flexibility index (Phi) is 3.99. The van der Waals surface area contributed by atoms with Gasteiger partial charge >= 0.3 is 17.3 Å². The minimum atomic E-state index is -1.20. The van der Waals surface area contributed by atoms with Gasteiger partial charge in [-0.15, -0.1) is 0 Å². The van der Waals surface area contributed by atoms with E-state index in [2.05, 4.69) is 12.6 Å². The number of hydrogen-bond donors (Lipinski definition) is 2. The molecule has 0 radical (unpaired) electrons. The van der Waals surface area contributed by atoms with Crippen LogP contribution in [0.5, 0.6) is 0 Å². The molecule has 1 aromatic carbocycles. The predicted molar refractivity (Wildman–Crippen MR) is 87.2 cm³/mol. The van der Waals surface area contributed by atoms with E-state index in [-0.39, 0.29) is 6.54 Å². The quantitative estimate of drug-likeness (QED) is 0.631. The van der Waals surface area contributed by atoms with Crippen LogP contribution in [0.1, 0.15) is 17.6 Å². The first-order valence-electron chi connectivity index (χ1n) is 7.07. The van der Waals surface area contributed by atoms with E-state index in [0.29, 0.717) is 5.75 Å². The van der Waals surface area contributed by atoms with Crippen molar-refractivity contribution in [2.75, 3.05) is 5.75 Å². The number of carboxylic acids is 1. The maximum atomic E-state index is 12.6. The number of carboxylic acid groups (broad SMARTS) is 1. The smallest absolute Gasteiger partial charge is 0.348 e. The fraction of sp³-hybridized carbons (Fsp3) is 0.267.